The highest BCUT2D eigenvalue weighted by Gasteiger charge is 2.09. The van der Waals surface area contributed by atoms with Crippen LogP contribution < -0.4 is 16.0 Å². The van der Waals surface area contributed by atoms with Crippen LogP contribution in [0.25, 0.3) is 0 Å². The third-order valence-electron chi connectivity index (χ3n) is 3.71. The van der Waals surface area contributed by atoms with Gasteiger partial charge >= 0.3 is 0 Å². The van der Waals surface area contributed by atoms with Gasteiger partial charge in [-0.05, 0) is 31.0 Å². The van der Waals surface area contributed by atoms with Crippen molar-refractivity contribution in [3.05, 3.63) is 71.3 Å². The molecule has 0 aliphatic rings. The lowest BCUT2D eigenvalue weighted by atomic mass is 10.1. The van der Waals surface area contributed by atoms with Gasteiger partial charge in [0.15, 0.2) is 0 Å². The molecule has 136 valence electrons. The van der Waals surface area contributed by atoms with Gasteiger partial charge in [-0.2, -0.15) is 0 Å². The second kappa shape index (κ2) is 9.98. The molecular weight excluding hydrogens is 330 g/mol. The fraction of sp³-hybridized carbons (Fsp3) is 0.250. The molecule has 6 heteroatoms. The van der Waals surface area contributed by atoms with Crippen molar-refractivity contribution in [1.29, 1.82) is 0 Å². The van der Waals surface area contributed by atoms with Crippen LogP contribution in [0.5, 0.6) is 0 Å². The van der Waals surface area contributed by atoms with Crippen molar-refractivity contribution in [2.24, 2.45) is 0 Å². The third-order valence-corrected chi connectivity index (χ3v) is 3.71. The Morgan fingerprint density at radius 3 is 2.23 bits per heavy atom. The average molecular weight is 353 g/mol. The Bertz CT molecular complexity index is 760. The van der Waals surface area contributed by atoms with Crippen molar-refractivity contribution in [2.75, 3.05) is 19.6 Å². The molecule has 3 N–H and O–H groups in total. The number of benzene rings is 2. The van der Waals surface area contributed by atoms with Crippen LogP contribution in [0.1, 0.15) is 21.5 Å². The first-order valence-electron chi connectivity index (χ1n) is 8.47. The van der Waals surface area contributed by atoms with Crippen molar-refractivity contribution in [3.8, 4) is 0 Å². The van der Waals surface area contributed by atoms with E-state index in [0.29, 0.717) is 12.1 Å². The topological polar surface area (TPSA) is 87.3 Å². The maximum atomic E-state index is 11.9. The van der Waals surface area contributed by atoms with Crippen LogP contribution in [-0.4, -0.2) is 37.4 Å². The lowest BCUT2D eigenvalue weighted by Crippen LogP contribution is -2.42. The molecule has 0 atom stereocenters. The summed E-state index contributed by atoms with van der Waals surface area (Å²) in [5.74, 6) is -1.00. The molecule has 0 fully saturated rings. The van der Waals surface area contributed by atoms with Crippen molar-refractivity contribution in [1.82, 2.24) is 16.0 Å². The van der Waals surface area contributed by atoms with Gasteiger partial charge in [0, 0.05) is 12.1 Å². The van der Waals surface area contributed by atoms with Gasteiger partial charge < -0.3 is 16.0 Å². The van der Waals surface area contributed by atoms with Crippen molar-refractivity contribution in [3.63, 3.8) is 0 Å². The summed E-state index contributed by atoms with van der Waals surface area (Å²) in [5.41, 5.74) is 2.60. The summed E-state index contributed by atoms with van der Waals surface area (Å²) in [5, 5.41) is 7.76. The Hall–Kier alpha value is -3.15. The molecule has 3 amide bonds. The van der Waals surface area contributed by atoms with Gasteiger partial charge in [-0.25, -0.2) is 0 Å². The van der Waals surface area contributed by atoms with E-state index < -0.39 is 5.91 Å². The molecule has 0 saturated heterocycles. The predicted octanol–water partition coefficient (Wildman–Crippen LogP) is 1.20. The first-order valence-corrected chi connectivity index (χ1v) is 8.47. The van der Waals surface area contributed by atoms with Crippen LogP contribution in [0, 0.1) is 6.92 Å². The number of carbonyl (C=O) groups is 3. The Morgan fingerprint density at radius 1 is 0.808 bits per heavy atom. The van der Waals surface area contributed by atoms with Crippen LogP contribution in [-0.2, 0) is 16.0 Å². The van der Waals surface area contributed by atoms with E-state index in [2.05, 4.69) is 16.0 Å². The number of nitrogens with one attached hydrogen (secondary N) is 3. The molecule has 26 heavy (non-hydrogen) atoms. The zero-order valence-electron chi connectivity index (χ0n) is 14.7. The maximum absolute atomic E-state index is 11.9. The molecule has 2 aromatic rings. The first-order chi connectivity index (χ1) is 12.5. The van der Waals surface area contributed by atoms with Crippen molar-refractivity contribution < 1.29 is 14.4 Å². The number of amides is 3. The minimum atomic E-state index is -0.413. The number of carbonyl (C=O) groups excluding carboxylic acids is 3. The van der Waals surface area contributed by atoms with Gasteiger partial charge in [0.1, 0.15) is 0 Å². The minimum Gasteiger partial charge on any atom is -0.354 e. The number of rotatable bonds is 8. The summed E-state index contributed by atoms with van der Waals surface area (Å²) < 4.78 is 0. The summed E-state index contributed by atoms with van der Waals surface area (Å²) in [7, 11) is 0. The molecule has 0 bridgehead atoms. The van der Waals surface area contributed by atoms with E-state index in [9.17, 15) is 14.4 Å². The Kier molecular flexibility index (Phi) is 7.36. The van der Waals surface area contributed by atoms with Gasteiger partial charge in [0.2, 0.25) is 11.8 Å². The normalized spacial score (nSPS) is 10.0. The van der Waals surface area contributed by atoms with E-state index >= 15 is 0 Å². The van der Waals surface area contributed by atoms with E-state index in [-0.39, 0.29) is 24.9 Å². The zero-order chi connectivity index (χ0) is 18.8. The van der Waals surface area contributed by atoms with Crippen LogP contribution in [0.4, 0.5) is 0 Å². The third kappa shape index (κ3) is 6.76. The molecular formula is C20H23N3O3. The van der Waals surface area contributed by atoms with Crippen molar-refractivity contribution >= 4 is 17.7 Å². The monoisotopic (exact) mass is 353 g/mol. The Balaban J connectivity index is 1.62. The molecule has 0 aliphatic carbocycles. The maximum Gasteiger partial charge on any atom is 0.251 e. The summed E-state index contributed by atoms with van der Waals surface area (Å²) in [6.45, 7) is 2.10. The quantitative estimate of drug-likeness (QED) is 0.666. The molecule has 0 spiro atoms. The van der Waals surface area contributed by atoms with E-state index in [1.54, 1.807) is 18.2 Å². The van der Waals surface area contributed by atoms with Crippen LogP contribution in [0.15, 0.2) is 54.6 Å². The highest BCUT2D eigenvalue weighted by Crippen LogP contribution is 2.03. The molecule has 0 unspecified atom stereocenters. The Labute approximate surface area is 153 Å². The molecule has 6 nitrogen and oxygen atoms in total. The van der Waals surface area contributed by atoms with Gasteiger partial charge in [-0.1, -0.05) is 48.0 Å². The molecule has 0 aromatic heterocycles. The van der Waals surface area contributed by atoms with Gasteiger partial charge in [-0.15, -0.1) is 0 Å². The average Bonchev–Trinajstić information content (AvgIpc) is 2.65. The summed E-state index contributed by atoms with van der Waals surface area (Å²) in [6, 6.07) is 16.9. The number of hydrogen-bond acceptors (Lipinski definition) is 3. The number of aryl methyl sites for hydroxylation is 1. The lowest BCUT2D eigenvalue weighted by Gasteiger charge is -2.08. The van der Waals surface area contributed by atoms with E-state index in [1.165, 1.54) is 0 Å². The fourth-order valence-electron chi connectivity index (χ4n) is 2.34. The highest BCUT2D eigenvalue weighted by atomic mass is 16.2. The Morgan fingerprint density at radius 2 is 1.50 bits per heavy atom. The summed E-state index contributed by atoms with van der Waals surface area (Å²) in [6.07, 6.45) is 0.729. The molecule has 2 aromatic carbocycles. The summed E-state index contributed by atoms with van der Waals surface area (Å²) in [4.78, 5) is 35.4. The van der Waals surface area contributed by atoms with Gasteiger partial charge in [0.25, 0.3) is 5.91 Å². The summed E-state index contributed by atoms with van der Waals surface area (Å²) >= 11 is 0. The second-order valence-electron chi connectivity index (χ2n) is 5.91. The van der Waals surface area contributed by atoms with E-state index in [0.717, 1.165) is 17.5 Å². The standard InChI is InChI=1S/C20H23N3O3/c1-15-6-5-9-17(12-15)20(26)23-14-19(25)22-13-18(24)21-11-10-16-7-3-2-4-8-16/h2-9,12H,10-11,13-14H2,1H3,(H,21,24)(H,22,25)(H,23,26). The predicted molar refractivity (Wildman–Crippen MR) is 99.7 cm³/mol. The van der Waals surface area contributed by atoms with Crippen molar-refractivity contribution in [2.45, 2.75) is 13.3 Å². The second-order valence-corrected chi connectivity index (χ2v) is 5.91. The van der Waals surface area contributed by atoms with E-state index in [4.69, 9.17) is 0 Å². The fourth-order valence-corrected chi connectivity index (χ4v) is 2.34. The van der Waals surface area contributed by atoms with Crippen LogP contribution in [0.3, 0.4) is 0 Å². The largest absolute Gasteiger partial charge is 0.354 e. The smallest absolute Gasteiger partial charge is 0.251 e. The minimum absolute atomic E-state index is 0.117. The number of hydrogen-bond donors (Lipinski definition) is 3. The molecule has 0 aliphatic heterocycles. The van der Waals surface area contributed by atoms with Crippen LogP contribution in [0.2, 0.25) is 0 Å². The lowest BCUT2D eigenvalue weighted by molar-refractivity contribution is -0.125. The zero-order valence-corrected chi connectivity index (χ0v) is 14.7. The SMILES string of the molecule is Cc1cccc(C(=O)NCC(=O)NCC(=O)NCCc2ccccc2)c1. The molecule has 0 saturated carbocycles. The highest BCUT2D eigenvalue weighted by molar-refractivity contribution is 5.96. The van der Waals surface area contributed by atoms with Gasteiger partial charge in [0.05, 0.1) is 13.1 Å². The van der Waals surface area contributed by atoms with E-state index in [1.807, 2.05) is 43.3 Å². The van der Waals surface area contributed by atoms with Gasteiger partial charge in [-0.3, -0.25) is 14.4 Å². The molecule has 0 radical (unpaired) electrons. The molecule has 0 heterocycles. The first kappa shape index (κ1) is 19.2. The molecule has 2 rings (SSSR count). The van der Waals surface area contributed by atoms with Crippen LogP contribution >= 0.6 is 0 Å².